The van der Waals surface area contributed by atoms with Gasteiger partial charge in [0.1, 0.15) is 0 Å². The van der Waals surface area contributed by atoms with Crippen molar-refractivity contribution in [3.05, 3.63) is 63.1 Å². The molecule has 0 atom stereocenters. The van der Waals surface area contributed by atoms with Gasteiger partial charge >= 0.3 is 21.1 Å². The maximum atomic E-state index is 6.16. The molecule has 7 rings (SSSR count). The molecule has 6 nitrogen and oxygen atoms in total. The largest absolute Gasteiger partial charge is 0.494 e. The second-order valence-corrected chi connectivity index (χ2v) is 20.2. The second-order valence-electron chi connectivity index (χ2n) is 19.3. The molecule has 10 heteroatoms. The smallest absolute Gasteiger partial charge is 0.405 e. The molecule has 2 aromatic rings. The molecule has 0 amide bonds. The van der Waals surface area contributed by atoms with Crippen LogP contribution in [0.25, 0.3) is 0 Å². The average molecular weight is 751 g/mol. The lowest BCUT2D eigenvalue weighted by Crippen LogP contribution is -2.41. The third-order valence-corrected chi connectivity index (χ3v) is 13.5. The number of hydrogen-bond acceptors (Lipinski definition) is 6. The normalized spacial score (nSPS) is 26.5. The summed E-state index contributed by atoms with van der Waals surface area (Å²) in [6.45, 7) is 33.9. The van der Waals surface area contributed by atoms with Crippen molar-refractivity contribution in [3.63, 3.8) is 0 Å². The summed E-state index contributed by atoms with van der Waals surface area (Å²) >= 11 is 3.52. The van der Waals surface area contributed by atoms with E-state index in [1.165, 1.54) is 52.4 Å². The SMILES string of the molecule is CC1(C)CCc2ccc(B3OC(C)(C)C(C)(C)O3)cc21.CC1(C)CCc2ccc(Br)cc21.CC1(C)OB(B2OC(C)(C)C(C)(C)O2)OC1(C)C. The van der Waals surface area contributed by atoms with Gasteiger partial charge in [-0.2, -0.15) is 0 Å². The molecule has 3 saturated heterocycles. The average Bonchev–Trinajstić information content (AvgIpc) is 3.65. The van der Waals surface area contributed by atoms with Crippen LogP contribution < -0.4 is 5.46 Å². The highest BCUT2D eigenvalue weighted by Gasteiger charge is 2.63. The Morgan fingerprint density at radius 2 is 0.800 bits per heavy atom. The van der Waals surface area contributed by atoms with Crippen molar-refractivity contribution >= 4 is 42.5 Å². The number of fused-ring (bicyclic) bond motifs is 2. The molecule has 3 heterocycles. The molecular formula is C40H62B3BrO6. The monoisotopic (exact) mass is 750 g/mol. The Bertz CT molecular complexity index is 1500. The maximum Gasteiger partial charge on any atom is 0.494 e. The third-order valence-electron chi connectivity index (χ3n) is 13.0. The molecule has 50 heavy (non-hydrogen) atoms. The summed E-state index contributed by atoms with van der Waals surface area (Å²) in [5, 5.41) is 0. The van der Waals surface area contributed by atoms with Gasteiger partial charge in [0.25, 0.3) is 0 Å². The van der Waals surface area contributed by atoms with Crippen molar-refractivity contribution in [1.29, 1.82) is 0 Å². The van der Waals surface area contributed by atoms with E-state index in [0.717, 1.165) is 5.46 Å². The zero-order valence-corrected chi connectivity index (χ0v) is 35.4. The van der Waals surface area contributed by atoms with Gasteiger partial charge in [-0.25, -0.2) is 0 Å². The van der Waals surface area contributed by atoms with Crippen molar-refractivity contribution < 1.29 is 27.9 Å². The molecule has 0 spiro atoms. The fraction of sp³-hybridized carbons (Fsp3) is 0.700. The first-order chi connectivity index (χ1) is 22.6. The molecule has 2 aliphatic carbocycles. The van der Waals surface area contributed by atoms with E-state index >= 15 is 0 Å². The lowest BCUT2D eigenvalue weighted by atomic mass is 9.49. The van der Waals surface area contributed by atoms with Gasteiger partial charge in [0, 0.05) is 4.47 Å². The van der Waals surface area contributed by atoms with Gasteiger partial charge < -0.3 is 27.9 Å². The number of hydrogen-bond donors (Lipinski definition) is 0. The van der Waals surface area contributed by atoms with Gasteiger partial charge in [-0.3, -0.25) is 0 Å². The molecule has 274 valence electrons. The van der Waals surface area contributed by atoms with E-state index in [-0.39, 0.29) is 46.1 Å². The Hall–Kier alpha value is -1.13. The van der Waals surface area contributed by atoms with Crippen LogP contribution in [0.3, 0.4) is 0 Å². The molecule has 0 unspecified atom stereocenters. The van der Waals surface area contributed by atoms with Crippen molar-refractivity contribution in [2.24, 2.45) is 0 Å². The highest BCUT2D eigenvalue weighted by atomic mass is 79.9. The molecule has 0 N–H and O–H groups in total. The predicted molar refractivity (Wildman–Crippen MR) is 211 cm³/mol. The van der Waals surface area contributed by atoms with E-state index in [0.29, 0.717) is 5.41 Å². The molecule has 5 aliphatic rings. The Labute approximate surface area is 313 Å². The highest BCUT2D eigenvalue weighted by molar-refractivity contribution is 9.10. The van der Waals surface area contributed by atoms with Crippen molar-refractivity contribution in [1.82, 2.24) is 0 Å². The number of aryl methyl sites for hydroxylation is 2. The first kappa shape index (κ1) is 40.1. The first-order valence-electron chi connectivity index (χ1n) is 18.6. The minimum absolute atomic E-state index is 0.248. The zero-order valence-electron chi connectivity index (χ0n) is 33.9. The summed E-state index contributed by atoms with van der Waals surface area (Å²) in [5.74, 6) is 0. The summed E-state index contributed by atoms with van der Waals surface area (Å²) < 4.78 is 37.4. The van der Waals surface area contributed by atoms with Crippen LogP contribution in [0.5, 0.6) is 0 Å². The summed E-state index contributed by atoms with van der Waals surface area (Å²) in [7, 11) is -1.20. The molecule has 3 fully saturated rings. The minimum Gasteiger partial charge on any atom is -0.405 e. The second kappa shape index (κ2) is 13.0. The summed E-state index contributed by atoms with van der Waals surface area (Å²) in [6, 6.07) is 13.4. The number of halogens is 1. The molecule has 3 aliphatic heterocycles. The van der Waals surface area contributed by atoms with E-state index in [2.05, 4.69) is 108 Å². The summed E-state index contributed by atoms with van der Waals surface area (Å²) in [5.41, 5.74) is 5.83. The van der Waals surface area contributed by atoms with Gasteiger partial charge in [-0.1, -0.05) is 67.9 Å². The molecule has 0 bridgehead atoms. The Kier molecular flexibility index (Phi) is 10.4. The molecule has 2 aromatic carbocycles. The molecule has 0 aromatic heterocycles. The van der Waals surface area contributed by atoms with E-state index < -0.39 is 14.0 Å². The van der Waals surface area contributed by atoms with Gasteiger partial charge in [0.2, 0.25) is 0 Å². The van der Waals surface area contributed by atoms with Crippen molar-refractivity contribution in [2.45, 2.75) is 181 Å². The Morgan fingerprint density at radius 3 is 1.20 bits per heavy atom. The fourth-order valence-corrected chi connectivity index (χ4v) is 7.49. The quantitative estimate of drug-likeness (QED) is 0.286. The predicted octanol–water partition coefficient (Wildman–Crippen LogP) is 9.13. The van der Waals surface area contributed by atoms with E-state index in [1.54, 1.807) is 0 Å². The van der Waals surface area contributed by atoms with Crippen LogP contribution in [0, 0.1) is 0 Å². The third kappa shape index (κ3) is 7.61. The lowest BCUT2D eigenvalue weighted by molar-refractivity contribution is 0.00578. The van der Waals surface area contributed by atoms with E-state index in [4.69, 9.17) is 27.9 Å². The highest BCUT2D eigenvalue weighted by Crippen LogP contribution is 2.44. The molecular weight excluding hydrogens is 689 g/mol. The maximum absolute atomic E-state index is 6.16. The minimum atomic E-state index is -0.476. The van der Waals surface area contributed by atoms with Gasteiger partial charge in [-0.05, 0) is 159 Å². The van der Waals surface area contributed by atoms with Crippen LogP contribution in [0.1, 0.15) is 146 Å². The van der Waals surface area contributed by atoms with Crippen LogP contribution in [-0.2, 0) is 51.6 Å². The standard InChI is InChI=1S/C17H25BO2.C12H24B2O4.C11H13Br/c1-15(2)10-9-12-7-8-13(11-14(12)15)18-19-16(3,4)17(5,6)20-18;1-9(2)10(3,4)16-13(15-9)14-17-11(5,6)12(7,8)18-14;1-11(2)6-5-8-3-4-9(12)7-10(8)11/h7-8,11H,9-10H2,1-6H3;1-8H3;3-4,7H,5-6H2,1-2H3. The molecule has 0 radical (unpaired) electrons. The van der Waals surface area contributed by atoms with Crippen molar-refractivity contribution in [3.8, 4) is 0 Å². The van der Waals surface area contributed by atoms with Crippen LogP contribution in [0.4, 0.5) is 0 Å². The van der Waals surface area contributed by atoms with Gasteiger partial charge in [-0.15, -0.1) is 0 Å². The Balaban J connectivity index is 0.000000150. The van der Waals surface area contributed by atoms with Crippen molar-refractivity contribution in [2.75, 3.05) is 0 Å². The van der Waals surface area contributed by atoms with Crippen LogP contribution in [0.15, 0.2) is 40.9 Å². The summed E-state index contributed by atoms with van der Waals surface area (Å²) in [4.78, 5) is 0. The fourth-order valence-electron chi connectivity index (χ4n) is 7.13. The van der Waals surface area contributed by atoms with Crippen LogP contribution in [-0.4, -0.2) is 54.7 Å². The number of rotatable bonds is 2. The summed E-state index contributed by atoms with van der Waals surface area (Å²) in [6.07, 6.45) is 4.95. The van der Waals surface area contributed by atoms with Crippen LogP contribution >= 0.6 is 15.9 Å². The van der Waals surface area contributed by atoms with Gasteiger partial charge in [0.15, 0.2) is 0 Å². The lowest BCUT2D eigenvalue weighted by Gasteiger charge is -2.32. The van der Waals surface area contributed by atoms with E-state index in [9.17, 15) is 0 Å². The topological polar surface area (TPSA) is 55.4 Å². The zero-order chi connectivity index (χ0) is 37.5. The van der Waals surface area contributed by atoms with Gasteiger partial charge in [0.05, 0.1) is 33.6 Å². The van der Waals surface area contributed by atoms with Crippen LogP contribution in [0.2, 0.25) is 0 Å². The molecule has 0 saturated carbocycles. The Morgan fingerprint density at radius 1 is 0.460 bits per heavy atom. The number of benzene rings is 2. The van der Waals surface area contributed by atoms with E-state index in [1.807, 2.05) is 55.4 Å². The first-order valence-corrected chi connectivity index (χ1v) is 19.4.